The molecule has 0 aromatic heterocycles. The first-order chi connectivity index (χ1) is 18.4. The van der Waals surface area contributed by atoms with Crippen LogP contribution in [0, 0.1) is 5.41 Å². The van der Waals surface area contributed by atoms with E-state index < -0.39 is 5.97 Å². The number of nitrogens with one attached hydrogen (secondary N) is 1. The van der Waals surface area contributed by atoms with Gasteiger partial charge in [-0.05, 0) is 39.8 Å². The number of ether oxygens (including phenoxy) is 1. The summed E-state index contributed by atoms with van der Waals surface area (Å²) < 4.78 is 5.47. The molecule has 3 N–H and O–H groups in total. The molecule has 0 bridgehead atoms. The summed E-state index contributed by atoms with van der Waals surface area (Å²) in [5.74, 6) is -0.242. The summed E-state index contributed by atoms with van der Waals surface area (Å²) in [6, 6.07) is 30.2. The van der Waals surface area contributed by atoms with Crippen LogP contribution in [0.2, 0.25) is 0 Å². The number of benzene rings is 4. The van der Waals surface area contributed by atoms with Gasteiger partial charge in [-0.25, -0.2) is 0 Å². The third kappa shape index (κ3) is 6.07. The van der Waals surface area contributed by atoms with Crippen LogP contribution in [-0.4, -0.2) is 47.1 Å². The fraction of sp³-hybridized carbons (Fsp3) is 0.194. The first-order valence-corrected chi connectivity index (χ1v) is 12.6. The second-order valence-electron chi connectivity index (χ2n) is 9.58. The highest BCUT2D eigenvalue weighted by atomic mass is 16.5. The van der Waals surface area contributed by atoms with E-state index in [9.17, 15) is 9.59 Å². The second-order valence-corrected chi connectivity index (χ2v) is 9.58. The van der Waals surface area contributed by atoms with Crippen LogP contribution in [0.3, 0.4) is 0 Å². The lowest BCUT2D eigenvalue weighted by Crippen LogP contribution is -2.49. The summed E-state index contributed by atoms with van der Waals surface area (Å²) in [7, 11) is 0. The molecule has 1 aliphatic rings. The van der Waals surface area contributed by atoms with Gasteiger partial charge in [-0.3, -0.25) is 19.9 Å². The van der Waals surface area contributed by atoms with Gasteiger partial charge < -0.3 is 15.4 Å². The minimum Gasteiger partial charge on any atom is -0.426 e. The van der Waals surface area contributed by atoms with Gasteiger partial charge in [0, 0.05) is 31.6 Å². The zero-order chi connectivity index (χ0) is 26.5. The zero-order valence-electron chi connectivity index (χ0n) is 21.1. The zero-order valence-corrected chi connectivity index (χ0v) is 21.1. The molecule has 192 valence electrons. The SMILES string of the molecule is N=C(N)CC(=O)Oc1cccc2ccc(CN3CCN(Cc4ccc(-c5ccccc5)cc4)C(=O)C3)cc12. The fourth-order valence-electron chi connectivity index (χ4n) is 4.76. The highest BCUT2D eigenvalue weighted by molar-refractivity contribution is 5.97. The molecule has 5 rings (SSSR count). The summed E-state index contributed by atoms with van der Waals surface area (Å²) in [4.78, 5) is 29.1. The van der Waals surface area contributed by atoms with E-state index in [1.165, 1.54) is 5.56 Å². The molecule has 1 heterocycles. The summed E-state index contributed by atoms with van der Waals surface area (Å²) in [6.45, 7) is 3.03. The number of hydrogen-bond donors (Lipinski definition) is 2. The van der Waals surface area contributed by atoms with Crippen molar-refractivity contribution in [2.24, 2.45) is 5.73 Å². The summed E-state index contributed by atoms with van der Waals surface area (Å²) in [5, 5.41) is 9.06. The van der Waals surface area contributed by atoms with Crippen molar-refractivity contribution in [2.75, 3.05) is 19.6 Å². The van der Waals surface area contributed by atoms with Gasteiger partial charge >= 0.3 is 5.97 Å². The Balaban J connectivity index is 1.20. The van der Waals surface area contributed by atoms with Crippen LogP contribution in [0.4, 0.5) is 0 Å². The number of amides is 1. The molecule has 0 saturated carbocycles. The summed E-state index contributed by atoms with van der Waals surface area (Å²) >= 11 is 0. The van der Waals surface area contributed by atoms with Gasteiger partial charge in [0.25, 0.3) is 0 Å². The highest BCUT2D eigenvalue weighted by Gasteiger charge is 2.24. The van der Waals surface area contributed by atoms with E-state index in [1.54, 1.807) is 6.07 Å². The topological polar surface area (TPSA) is 99.7 Å². The lowest BCUT2D eigenvalue weighted by Gasteiger charge is -2.34. The average molecular weight is 507 g/mol. The molecular weight excluding hydrogens is 476 g/mol. The normalized spacial score (nSPS) is 14.0. The molecule has 0 atom stereocenters. The predicted octanol–water partition coefficient (Wildman–Crippen LogP) is 4.58. The van der Waals surface area contributed by atoms with Gasteiger partial charge in [0.05, 0.1) is 6.54 Å². The van der Waals surface area contributed by atoms with Gasteiger partial charge in [-0.1, -0.05) is 78.9 Å². The van der Waals surface area contributed by atoms with Gasteiger partial charge in [-0.2, -0.15) is 0 Å². The van der Waals surface area contributed by atoms with Crippen LogP contribution >= 0.6 is 0 Å². The van der Waals surface area contributed by atoms with Gasteiger partial charge in [-0.15, -0.1) is 0 Å². The maximum atomic E-state index is 13.0. The van der Waals surface area contributed by atoms with E-state index in [4.69, 9.17) is 15.9 Å². The molecule has 0 unspecified atom stereocenters. The third-order valence-electron chi connectivity index (χ3n) is 6.70. The molecule has 7 nitrogen and oxygen atoms in total. The summed E-state index contributed by atoms with van der Waals surface area (Å²) in [5.41, 5.74) is 9.82. The quantitative estimate of drug-likeness (QED) is 0.158. The number of nitrogens with zero attached hydrogens (tertiary/aromatic N) is 2. The smallest absolute Gasteiger partial charge is 0.318 e. The van der Waals surface area contributed by atoms with E-state index in [0.29, 0.717) is 31.9 Å². The Labute approximate surface area is 221 Å². The lowest BCUT2D eigenvalue weighted by molar-refractivity contribution is -0.137. The highest BCUT2D eigenvalue weighted by Crippen LogP contribution is 2.28. The molecule has 0 radical (unpaired) electrons. The number of fused-ring (bicyclic) bond motifs is 1. The first-order valence-electron chi connectivity index (χ1n) is 12.6. The molecule has 7 heteroatoms. The maximum Gasteiger partial charge on any atom is 0.318 e. The van der Waals surface area contributed by atoms with E-state index in [2.05, 4.69) is 41.3 Å². The molecule has 0 spiro atoms. The Morgan fingerprint density at radius 2 is 1.58 bits per heavy atom. The molecule has 38 heavy (non-hydrogen) atoms. The van der Waals surface area contributed by atoms with Gasteiger partial charge in [0.15, 0.2) is 0 Å². The molecule has 1 fully saturated rings. The molecule has 0 aliphatic carbocycles. The summed E-state index contributed by atoms with van der Waals surface area (Å²) in [6.07, 6.45) is -0.250. The number of carbonyl (C=O) groups is 2. The Morgan fingerprint density at radius 3 is 2.32 bits per heavy atom. The largest absolute Gasteiger partial charge is 0.426 e. The number of nitrogens with two attached hydrogens (primary N) is 1. The van der Waals surface area contributed by atoms with Crippen molar-refractivity contribution >= 4 is 28.5 Å². The van der Waals surface area contributed by atoms with Crippen molar-refractivity contribution < 1.29 is 14.3 Å². The van der Waals surface area contributed by atoms with Crippen molar-refractivity contribution in [3.8, 4) is 16.9 Å². The minimum absolute atomic E-state index is 0.114. The van der Waals surface area contributed by atoms with Gasteiger partial charge in [0.2, 0.25) is 5.91 Å². The van der Waals surface area contributed by atoms with Crippen LogP contribution < -0.4 is 10.5 Å². The fourth-order valence-corrected chi connectivity index (χ4v) is 4.76. The predicted molar refractivity (Wildman–Crippen MR) is 149 cm³/mol. The molecule has 1 amide bonds. The van der Waals surface area contributed by atoms with E-state index >= 15 is 0 Å². The lowest BCUT2D eigenvalue weighted by atomic mass is 10.0. The van der Waals surface area contributed by atoms with Crippen LogP contribution in [0.5, 0.6) is 5.75 Å². The third-order valence-corrected chi connectivity index (χ3v) is 6.70. The Hall–Kier alpha value is -4.49. The number of rotatable bonds is 8. The molecule has 1 saturated heterocycles. The van der Waals surface area contributed by atoms with Crippen molar-refractivity contribution in [2.45, 2.75) is 19.5 Å². The van der Waals surface area contributed by atoms with Crippen molar-refractivity contribution in [3.05, 3.63) is 102 Å². The maximum absolute atomic E-state index is 13.0. The van der Waals surface area contributed by atoms with Crippen molar-refractivity contribution in [1.29, 1.82) is 5.41 Å². The molecular formula is C31H30N4O3. The standard InChI is InChI=1S/C31H30N4O3/c32-29(33)18-31(37)38-28-8-4-7-26-14-11-23(17-27(26)28)19-34-15-16-35(30(36)21-34)20-22-9-12-25(13-10-22)24-5-2-1-3-6-24/h1-14,17H,15-16,18-21H2,(H3,32,33). The first kappa shape index (κ1) is 25.2. The monoisotopic (exact) mass is 506 g/mol. The van der Waals surface area contributed by atoms with Gasteiger partial charge in [0.1, 0.15) is 18.0 Å². The molecule has 4 aromatic carbocycles. The Bertz CT molecular complexity index is 1470. The second kappa shape index (κ2) is 11.3. The van der Waals surface area contributed by atoms with E-state index in [-0.39, 0.29) is 18.2 Å². The van der Waals surface area contributed by atoms with E-state index in [1.807, 2.05) is 53.4 Å². The molecule has 4 aromatic rings. The van der Waals surface area contributed by atoms with Crippen molar-refractivity contribution in [3.63, 3.8) is 0 Å². The number of carbonyl (C=O) groups excluding carboxylic acids is 2. The molecule has 1 aliphatic heterocycles. The van der Waals surface area contributed by atoms with Crippen LogP contribution in [0.15, 0.2) is 91.0 Å². The Morgan fingerprint density at radius 1 is 0.842 bits per heavy atom. The van der Waals surface area contributed by atoms with Crippen LogP contribution in [0.25, 0.3) is 21.9 Å². The number of hydrogen-bond acceptors (Lipinski definition) is 5. The average Bonchev–Trinajstić information content (AvgIpc) is 2.91. The Kier molecular flexibility index (Phi) is 7.47. The number of esters is 1. The van der Waals surface area contributed by atoms with Crippen LogP contribution in [-0.2, 0) is 22.7 Å². The van der Waals surface area contributed by atoms with E-state index in [0.717, 1.165) is 34.0 Å². The number of piperazine rings is 1. The minimum atomic E-state index is -0.563. The van der Waals surface area contributed by atoms with Crippen molar-refractivity contribution in [1.82, 2.24) is 9.80 Å². The number of amidine groups is 1. The van der Waals surface area contributed by atoms with Crippen LogP contribution in [0.1, 0.15) is 17.5 Å².